The Balaban J connectivity index is 2.02. The van der Waals surface area contributed by atoms with Gasteiger partial charge in [-0.05, 0) is 52.0 Å². The molecule has 0 radical (unpaired) electrons. The fourth-order valence-electron chi connectivity index (χ4n) is 7.04. The molecule has 0 saturated carbocycles. The summed E-state index contributed by atoms with van der Waals surface area (Å²) in [7, 11) is 1.46. The Morgan fingerprint density at radius 3 is 1.86 bits per heavy atom. The number of nitrogens with one attached hydrogen (secondary N) is 8. The lowest BCUT2D eigenvalue weighted by Gasteiger charge is -2.35. The first kappa shape index (κ1) is 53.9. The van der Waals surface area contributed by atoms with Crippen LogP contribution < -0.4 is 42.5 Å². The fraction of sp³-hybridized carbons (Fsp3) is 0.692. The molecular weight excluding hydrogens is 848 g/mol. The number of likely N-dealkylation sites (tertiary alicyclic amines) is 2. The first-order chi connectivity index (χ1) is 30.2. The van der Waals surface area contributed by atoms with Gasteiger partial charge in [0, 0.05) is 26.1 Å². The van der Waals surface area contributed by atoms with Crippen LogP contribution in [0, 0.1) is 5.92 Å². The van der Waals surface area contributed by atoms with Crippen LogP contribution >= 0.6 is 0 Å². The predicted molar refractivity (Wildman–Crippen MR) is 221 cm³/mol. The summed E-state index contributed by atoms with van der Waals surface area (Å²) in [6, 6.07) is -7.53. The van der Waals surface area contributed by atoms with Gasteiger partial charge >= 0.3 is 11.9 Å². The Kier molecular flexibility index (Phi) is 22.8. The van der Waals surface area contributed by atoms with Crippen LogP contribution in [-0.4, -0.2) is 185 Å². The molecule has 0 spiro atoms. The molecular formula is C39H62N10O15. The zero-order chi connectivity index (χ0) is 48.1. The number of piperidine rings is 1. The topological polar surface area (TPSA) is 368 Å². The highest BCUT2D eigenvalue weighted by molar-refractivity contribution is 5.97. The molecule has 2 aliphatic heterocycles. The van der Waals surface area contributed by atoms with E-state index in [0.29, 0.717) is 32.1 Å². The van der Waals surface area contributed by atoms with Crippen molar-refractivity contribution in [2.24, 2.45) is 5.92 Å². The highest BCUT2D eigenvalue weighted by Crippen LogP contribution is 2.22. The lowest BCUT2D eigenvalue weighted by atomic mass is 9.96. The molecule has 8 unspecified atom stereocenters. The van der Waals surface area contributed by atoms with E-state index in [1.807, 2.05) is 0 Å². The normalized spacial score (nSPS) is 18.6. The van der Waals surface area contributed by atoms with Gasteiger partial charge in [-0.2, -0.15) is 0 Å². The molecule has 0 bridgehead atoms. The number of amides is 9. The van der Waals surface area contributed by atoms with E-state index in [2.05, 4.69) is 42.5 Å². The molecule has 64 heavy (non-hydrogen) atoms. The molecule has 11 N–H and O–H groups in total. The second-order valence-corrected chi connectivity index (χ2v) is 15.6. The summed E-state index contributed by atoms with van der Waals surface area (Å²) in [6.07, 6.45) is -0.256. The van der Waals surface area contributed by atoms with Crippen LogP contribution in [0.3, 0.4) is 0 Å². The summed E-state index contributed by atoms with van der Waals surface area (Å²) >= 11 is 0. The number of nitrogens with zero attached hydrogens (tertiary/aromatic N) is 2. The van der Waals surface area contributed by atoms with Crippen LogP contribution in [0.1, 0.15) is 78.6 Å². The van der Waals surface area contributed by atoms with Crippen LogP contribution in [0.4, 0.5) is 0 Å². The fourth-order valence-corrected chi connectivity index (χ4v) is 7.04. The molecule has 0 aromatic heterocycles. The Morgan fingerprint density at radius 2 is 1.25 bits per heavy atom. The van der Waals surface area contributed by atoms with E-state index in [0.717, 1.165) is 0 Å². The number of carboxylic acid groups (broad SMARTS) is 2. The number of carbonyl (C=O) groups excluding carboxylic acids is 10. The molecule has 2 fully saturated rings. The third-order valence-electron chi connectivity index (χ3n) is 10.6. The Bertz CT molecular complexity index is 1730. The smallest absolute Gasteiger partial charge is 0.305 e. The largest absolute Gasteiger partial charge is 0.481 e. The second-order valence-electron chi connectivity index (χ2n) is 15.6. The van der Waals surface area contributed by atoms with Gasteiger partial charge in [0.05, 0.1) is 44.6 Å². The van der Waals surface area contributed by atoms with Gasteiger partial charge in [-0.25, -0.2) is 0 Å². The zero-order valence-electron chi connectivity index (χ0n) is 36.4. The SMILES string of the molecule is CCC(C)C(NC(=O)C(NC(=O)CNC(=O)C(CC(=O)O)NC(=O)CNC)C(C)O)C(=O)N1CCCC1C(=O)NCCC(=O)N1CCCCC1C(=O)NCC(=O)NC(C=O)CC(=O)O. The molecule has 2 aliphatic rings. The van der Waals surface area contributed by atoms with Crippen molar-refractivity contribution in [1.82, 2.24) is 52.3 Å². The molecule has 25 heteroatoms. The van der Waals surface area contributed by atoms with Crippen LogP contribution in [0.2, 0.25) is 0 Å². The molecule has 2 heterocycles. The first-order valence-corrected chi connectivity index (χ1v) is 21.1. The number of hydrogen-bond donors (Lipinski definition) is 11. The number of likely N-dealkylation sites (N-methyl/N-ethyl adjacent to an activating group) is 1. The van der Waals surface area contributed by atoms with E-state index in [4.69, 9.17) is 10.2 Å². The maximum absolute atomic E-state index is 14.0. The van der Waals surface area contributed by atoms with Crippen molar-refractivity contribution in [1.29, 1.82) is 0 Å². The minimum Gasteiger partial charge on any atom is -0.481 e. The molecule has 2 rings (SSSR count). The Hall–Kier alpha value is -6.24. The van der Waals surface area contributed by atoms with Crippen LogP contribution in [0.15, 0.2) is 0 Å². The van der Waals surface area contributed by atoms with E-state index in [9.17, 15) is 62.6 Å². The summed E-state index contributed by atoms with van der Waals surface area (Å²) in [5.41, 5.74) is 0. The van der Waals surface area contributed by atoms with Crippen molar-refractivity contribution in [3.63, 3.8) is 0 Å². The van der Waals surface area contributed by atoms with Crippen molar-refractivity contribution in [3.05, 3.63) is 0 Å². The summed E-state index contributed by atoms with van der Waals surface area (Å²) in [5.74, 6) is -9.84. The molecule has 0 aromatic rings. The van der Waals surface area contributed by atoms with E-state index < -0.39 is 139 Å². The lowest BCUT2D eigenvalue weighted by Crippen LogP contribution is -2.61. The summed E-state index contributed by atoms with van der Waals surface area (Å²) in [4.78, 5) is 153. The van der Waals surface area contributed by atoms with E-state index in [1.54, 1.807) is 13.8 Å². The highest BCUT2D eigenvalue weighted by Gasteiger charge is 2.41. The molecule has 0 aromatic carbocycles. The predicted octanol–water partition coefficient (Wildman–Crippen LogP) is -5.17. The van der Waals surface area contributed by atoms with Gasteiger partial charge in [0.15, 0.2) is 0 Å². The van der Waals surface area contributed by atoms with Gasteiger partial charge in [0.25, 0.3) is 0 Å². The van der Waals surface area contributed by atoms with Gasteiger partial charge < -0.3 is 72.4 Å². The highest BCUT2D eigenvalue weighted by atomic mass is 16.4. The number of carbonyl (C=O) groups is 12. The lowest BCUT2D eigenvalue weighted by molar-refractivity contribution is -0.144. The third-order valence-corrected chi connectivity index (χ3v) is 10.6. The van der Waals surface area contributed by atoms with Gasteiger partial charge in [-0.15, -0.1) is 0 Å². The van der Waals surface area contributed by atoms with Gasteiger partial charge in [-0.1, -0.05) is 20.3 Å². The number of hydrogen-bond acceptors (Lipinski definition) is 14. The number of carboxylic acids is 2. The third kappa shape index (κ3) is 17.5. The van der Waals surface area contributed by atoms with Gasteiger partial charge in [-0.3, -0.25) is 52.7 Å². The number of aliphatic carboxylic acids is 2. The number of aldehydes is 1. The van der Waals surface area contributed by atoms with E-state index >= 15 is 0 Å². The Labute approximate surface area is 369 Å². The summed E-state index contributed by atoms with van der Waals surface area (Å²) < 4.78 is 0. The van der Waals surface area contributed by atoms with Crippen LogP contribution in [0.5, 0.6) is 0 Å². The quantitative estimate of drug-likeness (QED) is 0.0362. The molecule has 9 amide bonds. The maximum Gasteiger partial charge on any atom is 0.305 e. The maximum atomic E-state index is 14.0. The standard InChI is InChI=1S/C39H62N10O15/c1-5-21(2)33(47-38(63)34(22(3)51)46-29(54)19-42-35(60)24(16-32(58)59)45-27(52)17-40-4)39(64)49-14-8-10-26(49)36(61)41-12-11-30(55)48-13-7-6-9-25(48)37(62)43-18-28(53)44-23(20-50)15-31(56)57/h20-26,33-34,40,51H,5-19H2,1-4H3,(H,41,61)(H,42,60)(H,43,62)(H,44,53)(H,45,52)(H,46,54)(H,47,63)(H,56,57)(H,58,59). The zero-order valence-corrected chi connectivity index (χ0v) is 36.4. The van der Waals surface area contributed by atoms with Crippen molar-refractivity contribution in [2.75, 3.05) is 46.3 Å². The van der Waals surface area contributed by atoms with Crippen molar-refractivity contribution in [2.45, 2.75) is 121 Å². The summed E-state index contributed by atoms with van der Waals surface area (Å²) in [5, 5.41) is 47.6. The van der Waals surface area contributed by atoms with Crippen molar-refractivity contribution < 1.29 is 72.9 Å². The van der Waals surface area contributed by atoms with Crippen molar-refractivity contribution >= 4 is 71.4 Å². The molecule has 0 aliphatic carbocycles. The average Bonchev–Trinajstić information content (AvgIpc) is 3.74. The number of aliphatic hydroxyl groups is 1. The van der Waals surface area contributed by atoms with Gasteiger partial charge in [0.1, 0.15) is 36.5 Å². The van der Waals surface area contributed by atoms with Crippen LogP contribution in [-0.2, 0) is 57.5 Å². The first-order valence-electron chi connectivity index (χ1n) is 21.1. The van der Waals surface area contributed by atoms with Gasteiger partial charge in [0.2, 0.25) is 53.2 Å². The number of rotatable bonds is 26. The molecule has 2 saturated heterocycles. The van der Waals surface area contributed by atoms with Crippen molar-refractivity contribution in [3.8, 4) is 0 Å². The summed E-state index contributed by atoms with van der Waals surface area (Å²) in [6.45, 7) is 3.36. The average molecular weight is 911 g/mol. The second kappa shape index (κ2) is 27.1. The van der Waals surface area contributed by atoms with E-state index in [-0.39, 0.29) is 45.3 Å². The minimum atomic E-state index is -1.62. The minimum absolute atomic E-state index is 0.146. The number of aliphatic hydroxyl groups excluding tert-OH is 1. The molecule has 25 nitrogen and oxygen atoms in total. The van der Waals surface area contributed by atoms with Crippen LogP contribution in [0.25, 0.3) is 0 Å². The van der Waals surface area contributed by atoms with E-state index in [1.165, 1.54) is 23.8 Å². The monoisotopic (exact) mass is 910 g/mol. The molecule has 358 valence electrons. The molecule has 8 atom stereocenters. The Morgan fingerprint density at radius 1 is 0.672 bits per heavy atom.